The molecule has 0 spiro atoms. The number of carbonyl (C=O) groups is 1. The van der Waals surface area contributed by atoms with Crippen molar-refractivity contribution in [1.82, 2.24) is 4.90 Å². The highest BCUT2D eigenvalue weighted by Crippen LogP contribution is 2.25. The molecule has 27 heavy (non-hydrogen) atoms. The zero-order chi connectivity index (χ0) is 20.1. The highest BCUT2D eigenvalue weighted by atomic mass is 79.9. The molecule has 144 valence electrons. The summed E-state index contributed by atoms with van der Waals surface area (Å²) in [6.07, 6.45) is 1.79. The first-order chi connectivity index (χ1) is 12.7. The summed E-state index contributed by atoms with van der Waals surface area (Å²) in [7, 11) is 3.74. The quantitative estimate of drug-likeness (QED) is 0.344. The number of rotatable bonds is 7. The van der Waals surface area contributed by atoms with Crippen molar-refractivity contribution >= 4 is 39.4 Å². The number of nitrogens with zero attached hydrogens (tertiary/aromatic N) is 3. The summed E-state index contributed by atoms with van der Waals surface area (Å²) in [5.74, 6) is -0.360. The molecule has 0 atom stereocenters. The molecule has 0 saturated carbocycles. The van der Waals surface area contributed by atoms with Crippen molar-refractivity contribution in [1.29, 1.82) is 0 Å². The minimum Gasteiger partial charge on any atom is -0.367 e. The van der Waals surface area contributed by atoms with Crippen LogP contribution in [0.25, 0.3) is 0 Å². The van der Waals surface area contributed by atoms with Gasteiger partial charge in [-0.15, -0.1) is 0 Å². The van der Waals surface area contributed by atoms with Crippen molar-refractivity contribution < 1.29 is 9.18 Å². The summed E-state index contributed by atoms with van der Waals surface area (Å²) in [6.45, 7) is 6.96. The lowest BCUT2D eigenvalue weighted by atomic mass is 10.00. The van der Waals surface area contributed by atoms with E-state index >= 15 is 0 Å². The summed E-state index contributed by atoms with van der Waals surface area (Å²) in [4.78, 5) is 21.0. The highest BCUT2D eigenvalue weighted by molar-refractivity contribution is 9.10. The Labute approximate surface area is 168 Å². The molecule has 0 unspecified atom stereocenters. The Hall–Kier alpha value is -2.21. The van der Waals surface area contributed by atoms with Gasteiger partial charge in [0.1, 0.15) is 5.82 Å². The fourth-order valence-corrected chi connectivity index (χ4v) is 2.84. The van der Waals surface area contributed by atoms with Crippen molar-refractivity contribution in [2.45, 2.75) is 20.8 Å². The number of anilines is 1. The van der Waals surface area contributed by atoms with Crippen LogP contribution >= 0.6 is 15.9 Å². The number of Topliss-reactive ketones (excluding diaryl/α,β-unsaturated/α-hetero) is 1. The van der Waals surface area contributed by atoms with Gasteiger partial charge < -0.3 is 9.80 Å². The third-order valence-electron chi connectivity index (χ3n) is 4.46. The van der Waals surface area contributed by atoms with Gasteiger partial charge >= 0.3 is 0 Å². The summed E-state index contributed by atoms with van der Waals surface area (Å²) in [6, 6.07) is 8.65. The SMILES string of the molecule is CCN(C)C=Nc1cc(C)c(C(=O)CN(C)c2ccc(Br)c(F)c2)cc1C. The first-order valence-electron chi connectivity index (χ1n) is 8.78. The zero-order valence-electron chi connectivity index (χ0n) is 16.4. The van der Waals surface area contributed by atoms with E-state index in [0.717, 1.165) is 23.4 Å². The maximum Gasteiger partial charge on any atom is 0.182 e. The van der Waals surface area contributed by atoms with E-state index in [2.05, 4.69) is 27.8 Å². The lowest BCUT2D eigenvalue weighted by Gasteiger charge is -2.19. The van der Waals surface area contributed by atoms with Crippen LogP contribution in [0.5, 0.6) is 0 Å². The molecule has 0 saturated heterocycles. The van der Waals surface area contributed by atoms with Crippen molar-refractivity contribution in [3.63, 3.8) is 0 Å². The molecule has 0 heterocycles. The van der Waals surface area contributed by atoms with Crippen molar-refractivity contribution in [3.8, 4) is 0 Å². The average molecular weight is 434 g/mol. The third kappa shape index (κ3) is 5.39. The lowest BCUT2D eigenvalue weighted by Crippen LogP contribution is -2.26. The van der Waals surface area contributed by atoms with Gasteiger partial charge in [-0.1, -0.05) is 0 Å². The first-order valence-corrected chi connectivity index (χ1v) is 9.57. The van der Waals surface area contributed by atoms with Gasteiger partial charge in [0, 0.05) is 31.9 Å². The number of likely N-dealkylation sites (N-methyl/N-ethyl adjacent to an activating group) is 1. The molecule has 0 aliphatic heterocycles. The van der Waals surface area contributed by atoms with E-state index in [1.165, 1.54) is 6.07 Å². The molecule has 2 aromatic carbocycles. The normalized spacial score (nSPS) is 11.1. The predicted octanol–water partition coefficient (Wildman–Crippen LogP) is 5.14. The molecule has 0 aromatic heterocycles. The van der Waals surface area contributed by atoms with Crippen LogP contribution in [0.3, 0.4) is 0 Å². The molecule has 0 radical (unpaired) electrons. The van der Waals surface area contributed by atoms with E-state index in [9.17, 15) is 9.18 Å². The lowest BCUT2D eigenvalue weighted by molar-refractivity contribution is 0.0999. The monoisotopic (exact) mass is 433 g/mol. The predicted molar refractivity (Wildman–Crippen MR) is 114 cm³/mol. The molecule has 0 aliphatic rings. The van der Waals surface area contributed by atoms with E-state index in [1.807, 2.05) is 37.9 Å². The van der Waals surface area contributed by atoms with Crippen LogP contribution in [-0.2, 0) is 0 Å². The molecule has 2 rings (SSSR count). The Morgan fingerprint density at radius 2 is 1.89 bits per heavy atom. The van der Waals surface area contributed by atoms with Crippen LogP contribution in [0.4, 0.5) is 15.8 Å². The second-order valence-electron chi connectivity index (χ2n) is 6.65. The number of halogens is 2. The summed E-state index contributed by atoms with van der Waals surface area (Å²) in [5.41, 5.74) is 4.00. The fourth-order valence-electron chi connectivity index (χ4n) is 2.60. The minimum atomic E-state index is -0.349. The third-order valence-corrected chi connectivity index (χ3v) is 5.10. The van der Waals surface area contributed by atoms with Gasteiger partial charge in [-0.3, -0.25) is 4.79 Å². The Morgan fingerprint density at radius 3 is 2.52 bits per heavy atom. The van der Waals surface area contributed by atoms with Gasteiger partial charge in [-0.2, -0.15) is 0 Å². The van der Waals surface area contributed by atoms with Crippen LogP contribution in [0.2, 0.25) is 0 Å². The fraction of sp³-hybridized carbons (Fsp3) is 0.333. The van der Waals surface area contributed by atoms with E-state index in [-0.39, 0.29) is 18.1 Å². The van der Waals surface area contributed by atoms with Crippen LogP contribution in [-0.4, -0.2) is 44.2 Å². The average Bonchev–Trinajstić information content (AvgIpc) is 2.63. The summed E-state index contributed by atoms with van der Waals surface area (Å²) >= 11 is 3.14. The van der Waals surface area contributed by atoms with E-state index in [4.69, 9.17) is 0 Å². The molecule has 0 N–H and O–H groups in total. The summed E-state index contributed by atoms with van der Waals surface area (Å²) in [5, 5.41) is 0. The molecule has 6 heteroatoms. The van der Waals surface area contributed by atoms with Gasteiger partial charge in [0.05, 0.1) is 23.0 Å². The molecule has 4 nitrogen and oxygen atoms in total. The number of hydrogen-bond acceptors (Lipinski definition) is 3. The van der Waals surface area contributed by atoms with Crippen LogP contribution < -0.4 is 4.90 Å². The van der Waals surface area contributed by atoms with Gasteiger partial charge in [-0.05, 0) is 78.2 Å². The molecular formula is C21H25BrFN3O. The Bertz CT molecular complexity index is 867. The minimum absolute atomic E-state index is 0.0115. The largest absolute Gasteiger partial charge is 0.367 e. The molecule has 0 aliphatic carbocycles. The standard InChI is InChI=1S/C21H25BrFN3O/c1-6-25(4)13-24-20-10-14(2)17(9-15(20)3)21(27)12-26(5)16-7-8-18(22)19(23)11-16/h7-11,13H,6,12H2,1-5H3. The second-order valence-corrected chi connectivity index (χ2v) is 7.50. The molecule has 0 fully saturated rings. The Kier molecular flexibility index (Phi) is 7.13. The molecule has 2 aromatic rings. The number of hydrogen-bond donors (Lipinski definition) is 0. The smallest absolute Gasteiger partial charge is 0.182 e. The maximum atomic E-state index is 13.7. The van der Waals surface area contributed by atoms with Crippen molar-refractivity contribution in [3.05, 3.63) is 57.3 Å². The first kappa shape index (κ1) is 21.1. The van der Waals surface area contributed by atoms with Crippen LogP contribution in [0.1, 0.15) is 28.4 Å². The maximum absolute atomic E-state index is 13.7. The number of carbonyl (C=O) groups excluding carboxylic acids is 1. The van der Waals surface area contributed by atoms with E-state index < -0.39 is 0 Å². The number of aliphatic imine (C=N–C) groups is 1. The number of benzene rings is 2. The zero-order valence-corrected chi connectivity index (χ0v) is 18.0. The summed E-state index contributed by atoms with van der Waals surface area (Å²) < 4.78 is 14.1. The van der Waals surface area contributed by atoms with Gasteiger partial charge in [0.2, 0.25) is 0 Å². The molecular weight excluding hydrogens is 409 g/mol. The van der Waals surface area contributed by atoms with Gasteiger partial charge in [0.25, 0.3) is 0 Å². The second kappa shape index (κ2) is 9.13. The van der Waals surface area contributed by atoms with Crippen LogP contribution in [0, 0.1) is 19.7 Å². The highest BCUT2D eigenvalue weighted by Gasteiger charge is 2.15. The van der Waals surface area contributed by atoms with Crippen molar-refractivity contribution in [2.24, 2.45) is 4.99 Å². The van der Waals surface area contributed by atoms with E-state index in [0.29, 0.717) is 15.7 Å². The van der Waals surface area contributed by atoms with Crippen LogP contribution in [0.15, 0.2) is 39.8 Å². The van der Waals surface area contributed by atoms with E-state index in [1.54, 1.807) is 30.4 Å². The Morgan fingerprint density at radius 1 is 1.19 bits per heavy atom. The molecule has 0 bridgehead atoms. The van der Waals surface area contributed by atoms with Gasteiger partial charge in [0.15, 0.2) is 5.78 Å². The van der Waals surface area contributed by atoms with Crippen molar-refractivity contribution in [2.75, 3.05) is 32.1 Å². The molecule has 0 amide bonds. The number of ketones is 1. The van der Waals surface area contributed by atoms with Gasteiger partial charge in [-0.25, -0.2) is 9.38 Å². The number of aryl methyl sites for hydroxylation is 2. The Balaban J connectivity index is 2.19. The topological polar surface area (TPSA) is 35.9 Å².